The maximum atomic E-state index is 3.58. The third-order valence-corrected chi connectivity index (χ3v) is 2.68. The van der Waals surface area contributed by atoms with Crippen LogP contribution in [0.15, 0.2) is 0 Å². The molecule has 0 bridgehead atoms. The molecule has 2 aliphatic rings. The number of hydrogen-bond donors (Lipinski definition) is 2. The normalized spacial score (nSPS) is 40.8. The molecule has 58 valence electrons. The van der Waals surface area contributed by atoms with Gasteiger partial charge in [-0.1, -0.05) is 6.42 Å². The fourth-order valence-corrected chi connectivity index (χ4v) is 2.11. The molecular formula is C8H16N2. The van der Waals surface area contributed by atoms with E-state index >= 15 is 0 Å². The first kappa shape index (κ1) is 6.62. The van der Waals surface area contributed by atoms with Gasteiger partial charge >= 0.3 is 0 Å². The molecule has 0 aromatic heterocycles. The van der Waals surface area contributed by atoms with E-state index in [-0.39, 0.29) is 0 Å². The Morgan fingerprint density at radius 3 is 2.00 bits per heavy atom. The van der Waals surface area contributed by atoms with Crippen molar-refractivity contribution in [1.29, 1.82) is 0 Å². The van der Waals surface area contributed by atoms with Gasteiger partial charge in [-0.15, -0.1) is 0 Å². The minimum absolute atomic E-state index is 0.794. The fraction of sp³-hybridized carbons (Fsp3) is 1.00. The van der Waals surface area contributed by atoms with Crippen LogP contribution in [-0.2, 0) is 0 Å². The number of hydrogen-bond acceptors (Lipinski definition) is 2. The third kappa shape index (κ3) is 1.18. The minimum Gasteiger partial charge on any atom is -0.312 e. The van der Waals surface area contributed by atoms with E-state index in [0.29, 0.717) is 0 Å². The molecule has 0 aromatic rings. The Morgan fingerprint density at radius 1 is 0.800 bits per heavy atom. The molecular weight excluding hydrogens is 124 g/mol. The lowest BCUT2D eigenvalue weighted by molar-refractivity contribution is 0.460. The molecule has 0 aromatic carbocycles. The molecule has 1 heterocycles. The predicted octanol–water partition coefficient (Wildman–Crippen LogP) is 0.490. The first-order valence-electron chi connectivity index (χ1n) is 4.43. The first-order chi connectivity index (χ1) is 4.97. The van der Waals surface area contributed by atoms with E-state index in [1.165, 1.54) is 38.8 Å². The summed E-state index contributed by atoms with van der Waals surface area (Å²) < 4.78 is 0. The third-order valence-electron chi connectivity index (χ3n) is 2.68. The van der Waals surface area contributed by atoms with E-state index < -0.39 is 0 Å². The summed E-state index contributed by atoms with van der Waals surface area (Å²) in [6.45, 7) is 2.43. The summed E-state index contributed by atoms with van der Waals surface area (Å²) in [6, 6.07) is 1.59. The Balaban J connectivity index is 1.95. The van der Waals surface area contributed by atoms with Gasteiger partial charge in [-0.3, -0.25) is 0 Å². The number of rotatable bonds is 0. The van der Waals surface area contributed by atoms with Crippen LogP contribution in [0.3, 0.4) is 0 Å². The van der Waals surface area contributed by atoms with Gasteiger partial charge in [-0.25, -0.2) is 0 Å². The second-order valence-electron chi connectivity index (χ2n) is 3.41. The topological polar surface area (TPSA) is 24.1 Å². The van der Waals surface area contributed by atoms with E-state index in [1.54, 1.807) is 0 Å². The summed E-state index contributed by atoms with van der Waals surface area (Å²) in [5.74, 6) is 0. The molecule has 2 rings (SSSR count). The van der Waals surface area contributed by atoms with Gasteiger partial charge < -0.3 is 10.6 Å². The SMILES string of the molecule is C1CN[C@H]2CCC[C@H]2NC1. The van der Waals surface area contributed by atoms with Crippen LogP contribution < -0.4 is 10.6 Å². The summed E-state index contributed by atoms with van der Waals surface area (Å²) in [6.07, 6.45) is 5.48. The molecule has 2 N–H and O–H groups in total. The van der Waals surface area contributed by atoms with Crippen LogP contribution in [0.4, 0.5) is 0 Å². The van der Waals surface area contributed by atoms with Crippen molar-refractivity contribution in [2.24, 2.45) is 0 Å². The van der Waals surface area contributed by atoms with Crippen molar-refractivity contribution in [2.75, 3.05) is 13.1 Å². The van der Waals surface area contributed by atoms with Crippen LogP contribution in [0.2, 0.25) is 0 Å². The minimum atomic E-state index is 0.794. The summed E-state index contributed by atoms with van der Waals surface area (Å²) in [7, 11) is 0. The predicted molar refractivity (Wildman–Crippen MR) is 42.0 cm³/mol. The molecule has 1 saturated carbocycles. The highest BCUT2D eigenvalue weighted by Gasteiger charge is 2.27. The molecule has 0 radical (unpaired) electrons. The molecule has 0 unspecified atom stereocenters. The quantitative estimate of drug-likeness (QED) is 0.511. The molecule has 1 saturated heterocycles. The van der Waals surface area contributed by atoms with Crippen molar-refractivity contribution in [3.8, 4) is 0 Å². The van der Waals surface area contributed by atoms with Gasteiger partial charge in [0.05, 0.1) is 0 Å². The highest BCUT2D eigenvalue weighted by atomic mass is 15.1. The van der Waals surface area contributed by atoms with Crippen molar-refractivity contribution in [2.45, 2.75) is 37.8 Å². The van der Waals surface area contributed by atoms with Gasteiger partial charge in [0.15, 0.2) is 0 Å². The van der Waals surface area contributed by atoms with Gasteiger partial charge in [0.2, 0.25) is 0 Å². The van der Waals surface area contributed by atoms with Crippen molar-refractivity contribution in [3.63, 3.8) is 0 Å². The second-order valence-corrected chi connectivity index (χ2v) is 3.41. The van der Waals surface area contributed by atoms with Crippen LogP contribution in [0.25, 0.3) is 0 Å². The van der Waals surface area contributed by atoms with Gasteiger partial charge in [-0.2, -0.15) is 0 Å². The first-order valence-corrected chi connectivity index (χ1v) is 4.43. The van der Waals surface area contributed by atoms with Gasteiger partial charge in [0, 0.05) is 12.1 Å². The largest absolute Gasteiger partial charge is 0.312 e. The summed E-state index contributed by atoms with van der Waals surface area (Å²) in [5, 5.41) is 7.16. The summed E-state index contributed by atoms with van der Waals surface area (Å²) in [4.78, 5) is 0. The molecule has 10 heavy (non-hydrogen) atoms. The smallest absolute Gasteiger partial charge is 0.0221 e. The van der Waals surface area contributed by atoms with Gasteiger partial charge in [-0.05, 0) is 32.4 Å². The fourth-order valence-electron chi connectivity index (χ4n) is 2.11. The molecule has 2 atom stereocenters. The van der Waals surface area contributed by atoms with Crippen molar-refractivity contribution < 1.29 is 0 Å². The van der Waals surface area contributed by atoms with Crippen LogP contribution in [0.1, 0.15) is 25.7 Å². The van der Waals surface area contributed by atoms with Gasteiger partial charge in [0.25, 0.3) is 0 Å². The standard InChI is InChI=1S/C8H16N2/c1-3-7-8(4-1)10-6-2-5-9-7/h7-10H,1-6H2/t7-,8+. The van der Waals surface area contributed by atoms with Crippen molar-refractivity contribution >= 4 is 0 Å². The molecule has 0 spiro atoms. The van der Waals surface area contributed by atoms with Crippen LogP contribution in [0.5, 0.6) is 0 Å². The second kappa shape index (κ2) is 2.89. The molecule has 2 fully saturated rings. The maximum absolute atomic E-state index is 3.58. The lowest BCUT2D eigenvalue weighted by Gasteiger charge is -2.17. The lowest BCUT2D eigenvalue weighted by Crippen LogP contribution is -2.40. The monoisotopic (exact) mass is 140 g/mol. The Bertz CT molecular complexity index is 102. The van der Waals surface area contributed by atoms with E-state index in [0.717, 1.165) is 12.1 Å². The van der Waals surface area contributed by atoms with E-state index in [4.69, 9.17) is 0 Å². The Morgan fingerprint density at radius 2 is 1.40 bits per heavy atom. The van der Waals surface area contributed by atoms with E-state index in [2.05, 4.69) is 10.6 Å². The lowest BCUT2D eigenvalue weighted by atomic mass is 10.2. The highest BCUT2D eigenvalue weighted by Crippen LogP contribution is 2.19. The van der Waals surface area contributed by atoms with Gasteiger partial charge in [0.1, 0.15) is 0 Å². The Kier molecular flexibility index (Phi) is 1.91. The molecule has 1 aliphatic heterocycles. The Hall–Kier alpha value is -0.0800. The average Bonchev–Trinajstić information content (AvgIpc) is 2.28. The zero-order chi connectivity index (χ0) is 6.81. The summed E-state index contributed by atoms with van der Waals surface area (Å²) in [5.41, 5.74) is 0. The molecule has 1 aliphatic carbocycles. The van der Waals surface area contributed by atoms with Crippen molar-refractivity contribution in [3.05, 3.63) is 0 Å². The average molecular weight is 140 g/mol. The number of nitrogens with one attached hydrogen (secondary N) is 2. The van der Waals surface area contributed by atoms with E-state index in [1.807, 2.05) is 0 Å². The molecule has 2 nitrogen and oxygen atoms in total. The van der Waals surface area contributed by atoms with Crippen molar-refractivity contribution in [1.82, 2.24) is 10.6 Å². The number of fused-ring (bicyclic) bond motifs is 1. The van der Waals surface area contributed by atoms with Crippen LogP contribution in [0, 0.1) is 0 Å². The zero-order valence-electron chi connectivity index (χ0n) is 6.40. The zero-order valence-corrected chi connectivity index (χ0v) is 6.40. The maximum Gasteiger partial charge on any atom is 0.0221 e. The van der Waals surface area contributed by atoms with Crippen LogP contribution in [-0.4, -0.2) is 25.2 Å². The molecule has 0 amide bonds. The van der Waals surface area contributed by atoms with Crippen LogP contribution >= 0.6 is 0 Å². The molecule has 2 heteroatoms. The van der Waals surface area contributed by atoms with E-state index in [9.17, 15) is 0 Å². The highest BCUT2D eigenvalue weighted by molar-refractivity contribution is 4.90. The summed E-state index contributed by atoms with van der Waals surface area (Å²) >= 11 is 0. The Labute approximate surface area is 62.4 Å².